The van der Waals surface area contributed by atoms with Crippen LogP contribution in [0.1, 0.15) is 23.6 Å². The summed E-state index contributed by atoms with van der Waals surface area (Å²) in [7, 11) is 0. The summed E-state index contributed by atoms with van der Waals surface area (Å²) < 4.78 is 20.8. The van der Waals surface area contributed by atoms with Gasteiger partial charge in [0, 0.05) is 21.2 Å². The first-order chi connectivity index (χ1) is 15.8. The summed E-state index contributed by atoms with van der Waals surface area (Å²) in [5.74, 6) is -0.300. The maximum atomic E-state index is 14.2. The number of nitriles is 1. The van der Waals surface area contributed by atoms with E-state index in [1.54, 1.807) is 36.4 Å². The standard InChI is InChI=1S/C25H18Cl2FIN2O2/c1-2-33-24-11-15(10-23(29)19(24)12-16-5-3-4-6-22(16)28)9-17(14-30)25(32)31-18-7-8-20(26)21(27)13-18/h3-11,13H,2,12H2,1H3,(H,31,32)/b17-9+. The number of hydrogen-bond donors (Lipinski definition) is 1. The lowest BCUT2D eigenvalue weighted by molar-refractivity contribution is -0.112. The molecule has 8 heteroatoms. The maximum absolute atomic E-state index is 14.2. The van der Waals surface area contributed by atoms with E-state index < -0.39 is 5.91 Å². The Labute approximate surface area is 215 Å². The molecule has 0 saturated carbocycles. The third-order valence-electron chi connectivity index (χ3n) is 4.66. The van der Waals surface area contributed by atoms with Gasteiger partial charge in [0.05, 0.1) is 16.7 Å². The van der Waals surface area contributed by atoms with Gasteiger partial charge in [-0.15, -0.1) is 0 Å². The maximum Gasteiger partial charge on any atom is 0.266 e. The Bertz CT molecular complexity index is 1270. The predicted molar refractivity (Wildman–Crippen MR) is 138 cm³/mol. The Morgan fingerprint density at radius 2 is 1.94 bits per heavy atom. The van der Waals surface area contributed by atoms with Crippen molar-refractivity contribution >= 4 is 63.5 Å². The second-order valence-electron chi connectivity index (χ2n) is 6.93. The van der Waals surface area contributed by atoms with Crippen molar-refractivity contribution < 1.29 is 13.9 Å². The molecule has 4 nitrogen and oxygen atoms in total. The molecular weight excluding hydrogens is 577 g/mol. The molecule has 0 aromatic heterocycles. The van der Waals surface area contributed by atoms with Crippen LogP contribution in [-0.4, -0.2) is 12.5 Å². The van der Waals surface area contributed by atoms with E-state index in [1.165, 1.54) is 18.2 Å². The van der Waals surface area contributed by atoms with E-state index >= 15 is 0 Å². The van der Waals surface area contributed by atoms with Crippen molar-refractivity contribution in [3.63, 3.8) is 0 Å². The highest BCUT2D eigenvalue weighted by atomic mass is 127. The molecule has 168 valence electrons. The molecule has 0 fully saturated rings. The van der Waals surface area contributed by atoms with Crippen LogP contribution in [0.3, 0.4) is 0 Å². The average molecular weight is 595 g/mol. The number of carbonyl (C=O) groups is 1. The van der Waals surface area contributed by atoms with Gasteiger partial charge in [0.25, 0.3) is 5.91 Å². The van der Waals surface area contributed by atoms with Crippen LogP contribution in [0.4, 0.5) is 10.1 Å². The van der Waals surface area contributed by atoms with E-state index in [0.717, 1.165) is 9.13 Å². The van der Waals surface area contributed by atoms with Gasteiger partial charge < -0.3 is 10.1 Å². The van der Waals surface area contributed by atoms with Crippen LogP contribution in [0.2, 0.25) is 10.0 Å². The van der Waals surface area contributed by atoms with Gasteiger partial charge in [-0.25, -0.2) is 4.39 Å². The SMILES string of the molecule is CCOc1cc(/C=C(\C#N)C(=O)Nc2ccc(Cl)c(Cl)c2)cc(I)c1Cc1ccccc1F. The van der Waals surface area contributed by atoms with Crippen molar-refractivity contribution in [3.05, 3.63) is 96.3 Å². The molecule has 0 heterocycles. The molecule has 3 rings (SSSR count). The summed E-state index contributed by atoms with van der Waals surface area (Å²) >= 11 is 14.0. The number of amides is 1. The molecule has 0 spiro atoms. The van der Waals surface area contributed by atoms with Crippen molar-refractivity contribution in [2.45, 2.75) is 13.3 Å². The highest BCUT2D eigenvalue weighted by molar-refractivity contribution is 14.1. The van der Waals surface area contributed by atoms with Gasteiger partial charge in [-0.2, -0.15) is 5.26 Å². The third-order valence-corrected chi connectivity index (χ3v) is 6.36. The zero-order valence-corrected chi connectivity index (χ0v) is 21.1. The predicted octanol–water partition coefficient (Wildman–Crippen LogP) is 7.27. The van der Waals surface area contributed by atoms with Gasteiger partial charge in [-0.1, -0.05) is 41.4 Å². The lowest BCUT2D eigenvalue weighted by Crippen LogP contribution is -2.13. The average Bonchev–Trinajstić information content (AvgIpc) is 2.78. The van der Waals surface area contributed by atoms with Gasteiger partial charge in [-0.05, 0) is 83.1 Å². The molecule has 0 aliphatic rings. The van der Waals surface area contributed by atoms with Crippen LogP contribution >= 0.6 is 45.8 Å². The molecule has 0 unspecified atom stereocenters. The highest BCUT2D eigenvalue weighted by Gasteiger charge is 2.15. The molecule has 0 bridgehead atoms. The van der Waals surface area contributed by atoms with Crippen LogP contribution in [-0.2, 0) is 11.2 Å². The molecule has 1 N–H and O–H groups in total. The number of benzene rings is 3. The van der Waals surface area contributed by atoms with Crippen LogP contribution in [0.25, 0.3) is 6.08 Å². The lowest BCUT2D eigenvalue weighted by atomic mass is 10.0. The molecule has 0 aliphatic carbocycles. The van der Waals surface area contributed by atoms with Crippen LogP contribution in [0.15, 0.2) is 60.2 Å². The fourth-order valence-electron chi connectivity index (χ4n) is 3.09. The Morgan fingerprint density at radius 1 is 1.18 bits per heavy atom. The number of halogens is 4. The number of ether oxygens (including phenoxy) is 1. The first kappa shape index (κ1) is 25.0. The minimum absolute atomic E-state index is 0.0961. The first-order valence-corrected chi connectivity index (χ1v) is 11.7. The monoisotopic (exact) mass is 594 g/mol. The fraction of sp³-hybridized carbons (Fsp3) is 0.120. The van der Waals surface area contributed by atoms with Crippen molar-refractivity contribution in [2.75, 3.05) is 11.9 Å². The fourth-order valence-corrected chi connectivity index (χ4v) is 4.20. The summed E-state index contributed by atoms with van der Waals surface area (Å²) in [4.78, 5) is 12.6. The molecular formula is C25H18Cl2FIN2O2. The highest BCUT2D eigenvalue weighted by Crippen LogP contribution is 2.31. The van der Waals surface area contributed by atoms with Gasteiger partial charge in [0.2, 0.25) is 0 Å². The third kappa shape index (κ3) is 6.47. The molecule has 3 aromatic carbocycles. The topological polar surface area (TPSA) is 62.1 Å². The minimum atomic E-state index is -0.584. The van der Waals surface area contributed by atoms with Crippen LogP contribution in [0.5, 0.6) is 5.75 Å². The summed E-state index contributed by atoms with van der Waals surface area (Å²) in [6.45, 7) is 2.27. The molecule has 3 aromatic rings. The summed E-state index contributed by atoms with van der Waals surface area (Å²) in [6, 6.07) is 16.7. The molecule has 0 radical (unpaired) electrons. The van der Waals surface area contributed by atoms with Crippen molar-refractivity contribution in [2.24, 2.45) is 0 Å². The number of hydrogen-bond acceptors (Lipinski definition) is 3. The molecule has 1 amide bonds. The quantitative estimate of drug-likeness (QED) is 0.178. The second kappa shape index (κ2) is 11.5. The van der Waals surface area contributed by atoms with Gasteiger partial charge in [0.1, 0.15) is 23.2 Å². The summed E-state index contributed by atoms with van der Waals surface area (Å²) in [5.41, 5.74) is 2.32. The van der Waals surface area contributed by atoms with Crippen molar-refractivity contribution in [3.8, 4) is 11.8 Å². The first-order valence-electron chi connectivity index (χ1n) is 9.89. The number of carbonyl (C=O) groups excluding carboxylic acids is 1. The number of rotatable bonds is 7. The van der Waals surface area contributed by atoms with E-state index in [4.69, 9.17) is 27.9 Å². The summed E-state index contributed by atoms with van der Waals surface area (Å²) in [6.07, 6.45) is 1.83. The van der Waals surface area contributed by atoms with Crippen molar-refractivity contribution in [1.29, 1.82) is 5.26 Å². The molecule has 33 heavy (non-hydrogen) atoms. The zero-order chi connectivity index (χ0) is 24.0. The van der Waals surface area contributed by atoms with E-state index in [1.807, 2.05) is 19.1 Å². The molecule has 0 saturated heterocycles. The Hall–Kier alpha value is -2.60. The lowest BCUT2D eigenvalue weighted by Gasteiger charge is -2.14. The van der Waals surface area contributed by atoms with Crippen molar-refractivity contribution in [1.82, 2.24) is 0 Å². The van der Waals surface area contributed by atoms with E-state index in [0.29, 0.717) is 45.6 Å². The Morgan fingerprint density at radius 3 is 2.61 bits per heavy atom. The normalized spacial score (nSPS) is 11.1. The summed E-state index contributed by atoms with van der Waals surface area (Å²) in [5, 5.41) is 12.8. The van der Waals surface area contributed by atoms with Crippen LogP contribution < -0.4 is 10.1 Å². The zero-order valence-electron chi connectivity index (χ0n) is 17.5. The van der Waals surface area contributed by atoms with E-state index in [9.17, 15) is 14.4 Å². The van der Waals surface area contributed by atoms with E-state index in [-0.39, 0.29) is 11.4 Å². The second-order valence-corrected chi connectivity index (χ2v) is 8.91. The molecule has 0 atom stereocenters. The Balaban J connectivity index is 1.92. The minimum Gasteiger partial charge on any atom is -0.494 e. The smallest absolute Gasteiger partial charge is 0.266 e. The number of nitrogens with one attached hydrogen (secondary N) is 1. The van der Waals surface area contributed by atoms with Gasteiger partial charge >= 0.3 is 0 Å². The largest absolute Gasteiger partial charge is 0.494 e. The molecule has 0 aliphatic heterocycles. The number of anilines is 1. The number of nitrogens with zero attached hydrogens (tertiary/aromatic N) is 1. The Kier molecular flexibility index (Phi) is 8.73. The van der Waals surface area contributed by atoms with Gasteiger partial charge in [0.15, 0.2) is 0 Å². The van der Waals surface area contributed by atoms with E-state index in [2.05, 4.69) is 27.9 Å². The van der Waals surface area contributed by atoms with Crippen LogP contribution in [0, 0.1) is 20.7 Å². The van der Waals surface area contributed by atoms with Gasteiger partial charge in [-0.3, -0.25) is 4.79 Å².